The lowest BCUT2D eigenvalue weighted by Gasteiger charge is -2.15. The zero-order valence-electron chi connectivity index (χ0n) is 10.6. The van der Waals surface area contributed by atoms with E-state index in [1.54, 1.807) is 0 Å². The van der Waals surface area contributed by atoms with Crippen LogP contribution in [-0.2, 0) is 11.2 Å². The van der Waals surface area contributed by atoms with Crippen LogP contribution in [0.3, 0.4) is 0 Å². The van der Waals surface area contributed by atoms with Gasteiger partial charge < -0.3 is 15.2 Å². The summed E-state index contributed by atoms with van der Waals surface area (Å²) >= 11 is 0. The Labute approximate surface area is 101 Å². The molecule has 0 aromatic carbocycles. The normalized spacial score (nSPS) is 24.4. The minimum Gasteiger partial charge on any atom is -0.361 e. The molecule has 0 bridgehead atoms. The van der Waals surface area contributed by atoms with Crippen molar-refractivity contribution in [1.29, 1.82) is 0 Å². The maximum atomic E-state index is 12.1. The van der Waals surface area contributed by atoms with Crippen LogP contribution in [-0.4, -0.2) is 35.1 Å². The molecular weight excluding hydrogens is 218 g/mol. The van der Waals surface area contributed by atoms with Gasteiger partial charge in [-0.05, 0) is 19.8 Å². The first-order valence-electron chi connectivity index (χ1n) is 5.94. The van der Waals surface area contributed by atoms with Crippen molar-refractivity contribution in [3.05, 3.63) is 17.0 Å². The zero-order chi connectivity index (χ0) is 12.6. The average molecular weight is 237 g/mol. The molecule has 0 saturated carbocycles. The Morgan fingerprint density at radius 3 is 2.71 bits per heavy atom. The van der Waals surface area contributed by atoms with Gasteiger partial charge in [0.25, 0.3) is 0 Å². The van der Waals surface area contributed by atoms with Crippen LogP contribution >= 0.6 is 0 Å². The van der Waals surface area contributed by atoms with Crippen molar-refractivity contribution in [2.24, 2.45) is 11.7 Å². The number of aryl methyl sites for hydroxylation is 2. The Hall–Kier alpha value is -1.36. The lowest BCUT2D eigenvalue weighted by Crippen LogP contribution is -2.33. The van der Waals surface area contributed by atoms with Crippen molar-refractivity contribution in [3.8, 4) is 0 Å². The molecule has 2 rings (SSSR count). The summed E-state index contributed by atoms with van der Waals surface area (Å²) in [5.74, 6) is 1.22. The van der Waals surface area contributed by atoms with E-state index in [0.29, 0.717) is 18.9 Å². The first-order valence-corrected chi connectivity index (χ1v) is 5.94. The molecule has 2 heterocycles. The van der Waals surface area contributed by atoms with Crippen LogP contribution in [0.1, 0.15) is 23.9 Å². The van der Waals surface area contributed by atoms with E-state index in [2.05, 4.69) is 12.1 Å². The van der Waals surface area contributed by atoms with Gasteiger partial charge in [-0.25, -0.2) is 0 Å². The van der Waals surface area contributed by atoms with Crippen LogP contribution in [0.4, 0.5) is 0 Å². The molecule has 0 radical (unpaired) electrons. The van der Waals surface area contributed by atoms with Crippen molar-refractivity contribution in [1.82, 2.24) is 10.1 Å². The van der Waals surface area contributed by atoms with Crippen molar-refractivity contribution >= 4 is 5.91 Å². The fourth-order valence-corrected chi connectivity index (χ4v) is 2.21. The van der Waals surface area contributed by atoms with Crippen LogP contribution in [0.15, 0.2) is 4.52 Å². The highest BCUT2D eigenvalue weighted by Gasteiger charge is 2.30. The molecule has 0 aliphatic carbocycles. The van der Waals surface area contributed by atoms with Gasteiger partial charge in [0.15, 0.2) is 0 Å². The Morgan fingerprint density at radius 1 is 1.53 bits per heavy atom. The molecule has 1 saturated heterocycles. The molecule has 2 N–H and O–H groups in total. The third-order valence-corrected chi connectivity index (χ3v) is 3.53. The number of likely N-dealkylation sites (tertiary alicyclic amines) is 1. The SMILES string of the molecule is Cc1noc(C)c1CC(=O)N1CC(C)C(N)C1. The summed E-state index contributed by atoms with van der Waals surface area (Å²) < 4.78 is 5.06. The van der Waals surface area contributed by atoms with Gasteiger partial charge in [0, 0.05) is 24.7 Å². The van der Waals surface area contributed by atoms with E-state index in [0.717, 1.165) is 23.6 Å². The standard InChI is InChI=1S/C12H19N3O2/c1-7-5-15(6-11(7)13)12(16)4-10-8(2)14-17-9(10)3/h7,11H,4-6,13H2,1-3H3. The summed E-state index contributed by atoms with van der Waals surface area (Å²) in [6, 6.07) is 0.101. The van der Waals surface area contributed by atoms with Crippen LogP contribution in [0.25, 0.3) is 0 Å². The molecule has 1 amide bonds. The number of hydrogen-bond acceptors (Lipinski definition) is 4. The largest absolute Gasteiger partial charge is 0.361 e. The molecule has 1 aromatic rings. The molecule has 5 heteroatoms. The second-order valence-electron chi connectivity index (χ2n) is 4.92. The molecule has 1 fully saturated rings. The number of carbonyl (C=O) groups is 1. The predicted octanol–water partition coefficient (Wildman–Crippen LogP) is 0.640. The van der Waals surface area contributed by atoms with E-state index in [9.17, 15) is 4.79 Å². The van der Waals surface area contributed by atoms with Gasteiger partial charge in [-0.1, -0.05) is 12.1 Å². The van der Waals surface area contributed by atoms with Crippen molar-refractivity contribution < 1.29 is 9.32 Å². The number of aromatic nitrogens is 1. The van der Waals surface area contributed by atoms with E-state index < -0.39 is 0 Å². The van der Waals surface area contributed by atoms with Gasteiger partial charge in [0.05, 0.1) is 12.1 Å². The van der Waals surface area contributed by atoms with Gasteiger partial charge in [0.2, 0.25) is 5.91 Å². The lowest BCUT2D eigenvalue weighted by molar-refractivity contribution is -0.129. The van der Waals surface area contributed by atoms with Crippen LogP contribution in [0, 0.1) is 19.8 Å². The molecule has 17 heavy (non-hydrogen) atoms. The molecule has 0 spiro atoms. The Morgan fingerprint density at radius 2 is 2.24 bits per heavy atom. The van der Waals surface area contributed by atoms with E-state index in [-0.39, 0.29) is 11.9 Å². The molecule has 94 valence electrons. The van der Waals surface area contributed by atoms with Crippen molar-refractivity contribution in [2.45, 2.75) is 33.2 Å². The summed E-state index contributed by atoms with van der Waals surface area (Å²) in [6.45, 7) is 7.18. The monoisotopic (exact) mass is 237 g/mol. The number of hydrogen-bond donors (Lipinski definition) is 1. The number of nitrogens with two attached hydrogens (primary N) is 1. The van der Waals surface area contributed by atoms with Crippen LogP contribution in [0.2, 0.25) is 0 Å². The van der Waals surface area contributed by atoms with Gasteiger partial charge in [-0.15, -0.1) is 0 Å². The number of carbonyl (C=O) groups excluding carboxylic acids is 1. The van der Waals surface area contributed by atoms with Crippen molar-refractivity contribution in [2.75, 3.05) is 13.1 Å². The van der Waals surface area contributed by atoms with Crippen LogP contribution < -0.4 is 5.73 Å². The fourth-order valence-electron chi connectivity index (χ4n) is 2.21. The van der Waals surface area contributed by atoms with Gasteiger partial charge in [0.1, 0.15) is 5.76 Å². The summed E-state index contributed by atoms with van der Waals surface area (Å²) in [7, 11) is 0. The minimum absolute atomic E-state index is 0.101. The summed E-state index contributed by atoms with van der Waals surface area (Å²) in [5.41, 5.74) is 7.62. The zero-order valence-corrected chi connectivity index (χ0v) is 10.6. The molecule has 5 nitrogen and oxygen atoms in total. The second-order valence-corrected chi connectivity index (χ2v) is 4.92. The fraction of sp³-hybridized carbons (Fsp3) is 0.667. The Balaban J connectivity index is 2.03. The smallest absolute Gasteiger partial charge is 0.227 e. The lowest BCUT2D eigenvalue weighted by atomic mass is 10.1. The quantitative estimate of drug-likeness (QED) is 0.819. The third kappa shape index (κ3) is 2.34. The average Bonchev–Trinajstić information content (AvgIpc) is 2.76. The third-order valence-electron chi connectivity index (χ3n) is 3.53. The summed E-state index contributed by atoms with van der Waals surface area (Å²) in [4.78, 5) is 13.9. The van der Waals surface area contributed by atoms with Crippen LogP contribution in [0.5, 0.6) is 0 Å². The Kier molecular flexibility index (Phi) is 3.19. The molecule has 1 aromatic heterocycles. The number of amides is 1. The maximum Gasteiger partial charge on any atom is 0.227 e. The molecular formula is C12H19N3O2. The Bertz CT molecular complexity index is 398. The highest BCUT2D eigenvalue weighted by molar-refractivity contribution is 5.79. The van der Waals surface area contributed by atoms with Gasteiger partial charge in [-0.2, -0.15) is 0 Å². The minimum atomic E-state index is 0.101. The maximum absolute atomic E-state index is 12.1. The van der Waals surface area contributed by atoms with E-state index >= 15 is 0 Å². The highest BCUT2D eigenvalue weighted by Crippen LogP contribution is 2.18. The number of nitrogens with zero attached hydrogens (tertiary/aromatic N) is 2. The van der Waals surface area contributed by atoms with Gasteiger partial charge >= 0.3 is 0 Å². The molecule has 1 aliphatic heterocycles. The van der Waals surface area contributed by atoms with Crippen molar-refractivity contribution in [3.63, 3.8) is 0 Å². The topological polar surface area (TPSA) is 72.4 Å². The number of rotatable bonds is 2. The first kappa shape index (κ1) is 12.1. The summed E-state index contributed by atoms with van der Waals surface area (Å²) in [6.07, 6.45) is 0.362. The van der Waals surface area contributed by atoms with Gasteiger partial charge in [-0.3, -0.25) is 4.79 Å². The van der Waals surface area contributed by atoms with E-state index in [1.165, 1.54) is 0 Å². The highest BCUT2D eigenvalue weighted by atomic mass is 16.5. The first-order chi connectivity index (χ1) is 7.99. The van der Waals surface area contributed by atoms with E-state index in [1.807, 2.05) is 18.7 Å². The van der Waals surface area contributed by atoms with E-state index in [4.69, 9.17) is 10.3 Å². The summed E-state index contributed by atoms with van der Waals surface area (Å²) in [5, 5.41) is 3.86. The molecule has 1 aliphatic rings. The molecule has 2 atom stereocenters. The molecule has 2 unspecified atom stereocenters. The predicted molar refractivity (Wildman–Crippen MR) is 63.4 cm³/mol. The second kappa shape index (κ2) is 4.49.